The van der Waals surface area contributed by atoms with Gasteiger partial charge in [0.15, 0.2) is 5.78 Å². The van der Waals surface area contributed by atoms with Crippen molar-refractivity contribution >= 4 is 16.1 Å². The van der Waals surface area contributed by atoms with Crippen LogP contribution < -0.4 is 0 Å². The maximum Gasteiger partial charge on any atom is 0.384 e. The van der Waals surface area contributed by atoms with Gasteiger partial charge in [-0.2, -0.15) is 12.7 Å². The molecule has 0 amide bonds. The Hall–Kier alpha value is -0.880. The molecule has 14 heavy (non-hydrogen) atoms. The van der Waals surface area contributed by atoms with Crippen LogP contribution in [0.4, 0.5) is 0 Å². The summed E-state index contributed by atoms with van der Waals surface area (Å²) in [7, 11) is -0.957. The van der Waals surface area contributed by atoms with E-state index < -0.39 is 10.3 Å². The second-order valence-corrected chi connectivity index (χ2v) is 5.01. The lowest BCUT2D eigenvalue weighted by Gasteiger charge is -2.16. The van der Waals surface area contributed by atoms with Gasteiger partial charge in [-0.25, -0.2) is 0 Å². The van der Waals surface area contributed by atoms with Crippen LogP contribution >= 0.6 is 0 Å². The van der Waals surface area contributed by atoms with Crippen molar-refractivity contribution in [3.63, 3.8) is 0 Å². The Balaban J connectivity index is 2.74. The number of nitrogens with zero attached hydrogens (tertiary/aromatic N) is 1. The van der Waals surface area contributed by atoms with Crippen LogP contribution in [0.5, 0.6) is 0 Å². The second kappa shape index (κ2) is 4.10. The summed E-state index contributed by atoms with van der Waals surface area (Å²) in [5, 5.41) is 0. The Morgan fingerprint density at radius 1 is 1.36 bits per heavy atom. The van der Waals surface area contributed by atoms with Crippen molar-refractivity contribution in [2.45, 2.75) is 19.3 Å². The maximum atomic E-state index is 11.3. The van der Waals surface area contributed by atoms with Gasteiger partial charge in [-0.15, -0.1) is 0 Å². The Bertz CT molecular complexity index is 356. The zero-order chi connectivity index (χ0) is 10.8. The third kappa shape index (κ3) is 2.81. The topological polar surface area (TPSA) is 63.7 Å². The van der Waals surface area contributed by atoms with Gasteiger partial charge >= 0.3 is 10.3 Å². The molecule has 0 radical (unpaired) electrons. The lowest BCUT2D eigenvalue weighted by atomic mass is 10.1. The summed E-state index contributed by atoms with van der Waals surface area (Å²) < 4.78 is 28.2. The summed E-state index contributed by atoms with van der Waals surface area (Å²) in [5.74, 6) is 0.148. The van der Waals surface area contributed by atoms with Gasteiger partial charge in [0, 0.05) is 33.0 Å². The van der Waals surface area contributed by atoms with Gasteiger partial charge < -0.3 is 4.18 Å². The van der Waals surface area contributed by atoms with E-state index in [0.29, 0.717) is 19.3 Å². The Morgan fingerprint density at radius 3 is 2.50 bits per heavy atom. The number of carbonyl (C=O) groups is 1. The molecule has 0 N–H and O–H groups in total. The van der Waals surface area contributed by atoms with E-state index in [4.69, 9.17) is 4.18 Å². The SMILES string of the molecule is CN(C)S(=O)(=O)OC1=CC(=O)CCC1. The summed E-state index contributed by atoms with van der Waals surface area (Å²) in [6, 6.07) is 0. The molecule has 1 aliphatic rings. The minimum absolute atomic E-state index is 0.0831. The molecule has 0 saturated carbocycles. The summed E-state index contributed by atoms with van der Waals surface area (Å²) in [4.78, 5) is 11.0. The highest BCUT2D eigenvalue weighted by Crippen LogP contribution is 2.18. The van der Waals surface area contributed by atoms with Gasteiger partial charge in [-0.3, -0.25) is 4.79 Å². The third-order valence-electron chi connectivity index (χ3n) is 1.83. The van der Waals surface area contributed by atoms with E-state index in [9.17, 15) is 13.2 Å². The fraction of sp³-hybridized carbons (Fsp3) is 0.625. The molecule has 0 heterocycles. The molecule has 0 aromatic rings. The van der Waals surface area contributed by atoms with Crippen LogP contribution in [-0.2, 0) is 19.3 Å². The molecule has 1 rings (SSSR count). The number of rotatable bonds is 3. The molecule has 0 aliphatic heterocycles. The first-order valence-corrected chi connectivity index (χ1v) is 5.63. The van der Waals surface area contributed by atoms with E-state index in [0.717, 1.165) is 4.31 Å². The van der Waals surface area contributed by atoms with E-state index in [1.54, 1.807) is 0 Å². The second-order valence-electron chi connectivity index (χ2n) is 3.25. The molecular formula is C8H13NO4S. The number of hydrogen-bond donors (Lipinski definition) is 0. The fourth-order valence-corrected chi connectivity index (χ4v) is 1.59. The van der Waals surface area contributed by atoms with Crippen molar-refractivity contribution in [1.29, 1.82) is 0 Å². The average molecular weight is 219 g/mol. The lowest BCUT2D eigenvalue weighted by Crippen LogP contribution is -2.25. The van der Waals surface area contributed by atoms with Gasteiger partial charge in [0.05, 0.1) is 0 Å². The highest BCUT2D eigenvalue weighted by molar-refractivity contribution is 7.84. The van der Waals surface area contributed by atoms with Crippen molar-refractivity contribution in [2.24, 2.45) is 0 Å². The smallest absolute Gasteiger partial charge is 0.375 e. The highest BCUT2D eigenvalue weighted by atomic mass is 32.2. The number of carbonyl (C=O) groups excluding carboxylic acids is 1. The van der Waals surface area contributed by atoms with Crippen molar-refractivity contribution in [3.05, 3.63) is 11.8 Å². The molecule has 0 aromatic carbocycles. The van der Waals surface area contributed by atoms with Gasteiger partial charge in [-0.05, 0) is 6.42 Å². The molecule has 6 heteroatoms. The summed E-state index contributed by atoms with van der Waals surface area (Å²) in [5.41, 5.74) is 0. The molecule has 0 unspecified atom stereocenters. The molecule has 80 valence electrons. The predicted octanol–water partition coefficient (Wildman–Crippen LogP) is 0.446. The quantitative estimate of drug-likeness (QED) is 0.691. The lowest BCUT2D eigenvalue weighted by molar-refractivity contribution is -0.115. The van der Waals surface area contributed by atoms with Crippen molar-refractivity contribution in [2.75, 3.05) is 14.1 Å². The molecular weight excluding hydrogens is 206 g/mol. The van der Waals surface area contributed by atoms with Crippen LogP contribution in [0.3, 0.4) is 0 Å². The van der Waals surface area contributed by atoms with E-state index >= 15 is 0 Å². The molecule has 0 fully saturated rings. The molecule has 0 bridgehead atoms. The first-order valence-electron chi connectivity index (χ1n) is 4.27. The summed E-state index contributed by atoms with van der Waals surface area (Å²) >= 11 is 0. The predicted molar refractivity (Wildman–Crippen MR) is 50.6 cm³/mol. The van der Waals surface area contributed by atoms with E-state index in [2.05, 4.69) is 0 Å². The standard InChI is InChI=1S/C8H13NO4S/c1-9(2)14(11,12)13-8-5-3-4-7(10)6-8/h6H,3-5H2,1-2H3. The summed E-state index contributed by atoms with van der Waals surface area (Å²) in [6.45, 7) is 0. The van der Waals surface area contributed by atoms with E-state index in [1.165, 1.54) is 20.2 Å². The minimum Gasteiger partial charge on any atom is -0.375 e. The van der Waals surface area contributed by atoms with Crippen LogP contribution in [0.1, 0.15) is 19.3 Å². The highest BCUT2D eigenvalue weighted by Gasteiger charge is 2.20. The van der Waals surface area contributed by atoms with Gasteiger partial charge in [0.2, 0.25) is 0 Å². The minimum atomic E-state index is -3.71. The zero-order valence-electron chi connectivity index (χ0n) is 8.19. The molecule has 0 saturated heterocycles. The van der Waals surface area contributed by atoms with Gasteiger partial charge in [0.1, 0.15) is 5.76 Å². The Kier molecular flexibility index (Phi) is 3.28. The van der Waals surface area contributed by atoms with Crippen LogP contribution in [0.2, 0.25) is 0 Å². The van der Waals surface area contributed by atoms with E-state index in [-0.39, 0.29) is 11.5 Å². The maximum absolute atomic E-state index is 11.3. The van der Waals surface area contributed by atoms with E-state index in [1.807, 2.05) is 0 Å². The Labute approximate surface area is 83.6 Å². The monoisotopic (exact) mass is 219 g/mol. The average Bonchev–Trinajstić information content (AvgIpc) is 2.02. The van der Waals surface area contributed by atoms with Crippen molar-refractivity contribution in [1.82, 2.24) is 4.31 Å². The first kappa shape index (κ1) is 11.2. The Morgan fingerprint density at radius 2 is 2.00 bits per heavy atom. The van der Waals surface area contributed by atoms with Crippen LogP contribution in [-0.4, -0.2) is 32.6 Å². The third-order valence-corrected chi connectivity index (χ3v) is 3.15. The van der Waals surface area contributed by atoms with Gasteiger partial charge in [0.25, 0.3) is 0 Å². The molecule has 5 nitrogen and oxygen atoms in total. The molecule has 0 aromatic heterocycles. The van der Waals surface area contributed by atoms with Crippen molar-refractivity contribution in [3.8, 4) is 0 Å². The van der Waals surface area contributed by atoms with Crippen LogP contribution in [0, 0.1) is 0 Å². The normalized spacial score (nSPS) is 18.2. The zero-order valence-corrected chi connectivity index (χ0v) is 9.00. The van der Waals surface area contributed by atoms with Crippen LogP contribution in [0.25, 0.3) is 0 Å². The van der Waals surface area contributed by atoms with Crippen LogP contribution in [0.15, 0.2) is 11.8 Å². The number of allylic oxidation sites excluding steroid dienone is 2. The molecule has 0 atom stereocenters. The van der Waals surface area contributed by atoms with Crippen molar-refractivity contribution < 1.29 is 17.4 Å². The first-order chi connectivity index (χ1) is 6.42. The molecule has 0 spiro atoms. The fourth-order valence-electron chi connectivity index (χ4n) is 1.04. The number of ketones is 1. The number of hydrogen-bond acceptors (Lipinski definition) is 4. The molecule has 1 aliphatic carbocycles. The van der Waals surface area contributed by atoms with Gasteiger partial charge in [-0.1, -0.05) is 0 Å². The largest absolute Gasteiger partial charge is 0.384 e. The summed E-state index contributed by atoms with van der Waals surface area (Å²) in [6.07, 6.45) is 2.87.